The molecule has 1 N–H and O–H groups in total. The second-order valence-corrected chi connectivity index (χ2v) is 6.28. The van der Waals surface area contributed by atoms with Crippen LogP contribution >= 0.6 is 11.8 Å². The fourth-order valence-corrected chi connectivity index (χ4v) is 2.83. The molecule has 0 bridgehead atoms. The monoisotopic (exact) mass is 313 g/mol. The number of carbonyl (C=O) groups is 1. The van der Waals surface area contributed by atoms with Crippen molar-refractivity contribution in [1.29, 1.82) is 0 Å². The van der Waals surface area contributed by atoms with Crippen molar-refractivity contribution in [1.82, 2.24) is 10.1 Å². The van der Waals surface area contributed by atoms with Crippen LogP contribution in [0.2, 0.25) is 0 Å². The molecule has 0 aliphatic rings. The molecule has 5 nitrogen and oxygen atoms in total. The Bertz CT molecular complexity index is 816. The Hall–Kier alpha value is -2.34. The van der Waals surface area contributed by atoms with Crippen LogP contribution in [0.15, 0.2) is 52.0 Å². The highest BCUT2D eigenvalue weighted by atomic mass is 32.2. The summed E-state index contributed by atoms with van der Waals surface area (Å²) in [7, 11) is 0. The second-order valence-electron chi connectivity index (χ2n) is 4.91. The molecule has 0 aliphatic carbocycles. The van der Waals surface area contributed by atoms with Gasteiger partial charge in [0.2, 0.25) is 5.91 Å². The number of aryl methyl sites for hydroxylation is 1. The number of fused-ring (bicyclic) bond motifs is 1. The standard InChI is InChI=1S/C16H15N3O2S/c1-10-9-14(19-21-10)18-16(20)11(2)22-15-8-7-12-5-3-4-6-13(12)17-15/h3-9,11H,1-2H3,(H,18,19,20)/t11-/m0/s1. The van der Waals surface area contributed by atoms with Crippen molar-refractivity contribution in [3.8, 4) is 0 Å². The van der Waals surface area contributed by atoms with Crippen molar-refractivity contribution in [2.75, 3.05) is 5.32 Å². The van der Waals surface area contributed by atoms with Gasteiger partial charge in [0.05, 0.1) is 15.8 Å². The maximum Gasteiger partial charge on any atom is 0.238 e. The first-order valence-electron chi connectivity index (χ1n) is 6.88. The van der Waals surface area contributed by atoms with Crippen LogP contribution in [0.25, 0.3) is 10.9 Å². The van der Waals surface area contributed by atoms with Crippen molar-refractivity contribution in [3.63, 3.8) is 0 Å². The highest BCUT2D eigenvalue weighted by Crippen LogP contribution is 2.24. The average Bonchev–Trinajstić information content (AvgIpc) is 2.92. The fraction of sp³-hybridized carbons (Fsp3) is 0.188. The number of amides is 1. The highest BCUT2D eigenvalue weighted by Gasteiger charge is 2.16. The molecule has 0 saturated heterocycles. The first kappa shape index (κ1) is 14.6. The number of anilines is 1. The minimum Gasteiger partial charge on any atom is -0.360 e. The van der Waals surface area contributed by atoms with Crippen LogP contribution in [0.4, 0.5) is 5.82 Å². The molecule has 2 aromatic heterocycles. The lowest BCUT2D eigenvalue weighted by atomic mass is 10.2. The van der Waals surface area contributed by atoms with E-state index in [1.165, 1.54) is 11.8 Å². The van der Waals surface area contributed by atoms with Crippen molar-refractivity contribution in [3.05, 3.63) is 48.2 Å². The van der Waals surface area contributed by atoms with Gasteiger partial charge >= 0.3 is 0 Å². The molecule has 22 heavy (non-hydrogen) atoms. The van der Waals surface area contributed by atoms with Gasteiger partial charge in [0.25, 0.3) is 0 Å². The third-order valence-corrected chi connectivity index (χ3v) is 4.16. The minimum absolute atomic E-state index is 0.131. The lowest BCUT2D eigenvalue weighted by Gasteiger charge is -2.10. The number of thioether (sulfide) groups is 1. The summed E-state index contributed by atoms with van der Waals surface area (Å²) in [6, 6.07) is 13.5. The topological polar surface area (TPSA) is 68.0 Å². The quantitative estimate of drug-likeness (QED) is 0.745. The summed E-state index contributed by atoms with van der Waals surface area (Å²) in [4.78, 5) is 16.7. The zero-order valence-electron chi connectivity index (χ0n) is 12.2. The van der Waals surface area contributed by atoms with Gasteiger partial charge in [0.1, 0.15) is 5.76 Å². The van der Waals surface area contributed by atoms with Gasteiger partial charge in [-0.2, -0.15) is 0 Å². The molecular weight excluding hydrogens is 298 g/mol. The van der Waals surface area contributed by atoms with Crippen molar-refractivity contribution in [2.24, 2.45) is 0 Å². The van der Waals surface area contributed by atoms with Crippen LogP contribution in [0, 0.1) is 6.92 Å². The number of nitrogens with one attached hydrogen (secondary N) is 1. The van der Waals surface area contributed by atoms with Crippen molar-refractivity contribution < 1.29 is 9.32 Å². The smallest absolute Gasteiger partial charge is 0.238 e. The van der Waals surface area contributed by atoms with Gasteiger partial charge in [-0.15, -0.1) is 0 Å². The van der Waals surface area contributed by atoms with E-state index in [4.69, 9.17) is 4.52 Å². The Morgan fingerprint density at radius 1 is 1.27 bits per heavy atom. The largest absolute Gasteiger partial charge is 0.360 e. The Balaban J connectivity index is 1.69. The third-order valence-electron chi connectivity index (χ3n) is 3.12. The second kappa shape index (κ2) is 6.19. The van der Waals surface area contributed by atoms with E-state index in [1.54, 1.807) is 13.0 Å². The molecule has 0 saturated carbocycles. The van der Waals surface area contributed by atoms with Crippen LogP contribution in [-0.2, 0) is 4.79 Å². The molecule has 2 heterocycles. The van der Waals surface area contributed by atoms with E-state index in [9.17, 15) is 4.79 Å². The molecule has 0 unspecified atom stereocenters. The molecule has 3 aromatic rings. The van der Waals surface area contributed by atoms with Crippen LogP contribution in [0.3, 0.4) is 0 Å². The molecule has 112 valence electrons. The predicted octanol–water partition coefficient (Wildman–Crippen LogP) is 3.65. The number of aromatic nitrogens is 2. The first-order chi connectivity index (χ1) is 10.6. The molecule has 1 aromatic carbocycles. The zero-order chi connectivity index (χ0) is 15.5. The van der Waals surface area contributed by atoms with Gasteiger partial charge in [-0.25, -0.2) is 4.98 Å². The number of hydrogen-bond acceptors (Lipinski definition) is 5. The minimum atomic E-state index is -0.286. The van der Waals surface area contributed by atoms with Crippen molar-refractivity contribution in [2.45, 2.75) is 24.1 Å². The van der Waals surface area contributed by atoms with E-state index < -0.39 is 0 Å². The number of para-hydroxylation sites is 1. The normalized spacial score (nSPS) is 12.3. The summed E-state index contributed by atoms with van der Waals surface area (Å²) in [5.41, 5.74) is 0.923. The van der Waals surface area contributed by atoms with Crippen LogP contribution in [0.5, 0.6) is 0 Å². The molecule has 0 spiro atoms. The SMILES string of the molecule is Cc1cc(NC(=O)[C@H](C)Sc2ccc3ccccc3n2)no1. The van der Waals surface area contributed by atoms with E-state index in [-0.39, 0.29) is 11.2 Å². The van der Waals surface area contributed by atoms with E-state index in [0.717, 1.165) is 15.9 Å². The fourth-order valence-electron chi connectivity index (χ4n) is 2.00. The summed E-state index contributed by atoms with van der Waals surface area (Å²) < 4.78 is 4.93. The van der Waals surface area contributed by atoms with Gasteiger partial charge in [-0.3, -0.25) is 4.79 Å². The number of benzene rings is 1. The van der Waals surface area contributed by atoms with Gasteiger partial charge in [-0.1, -0.05) is 41.2 Å². The summed E-state index contributed by atoms with van der Waals surface area (Å²) in [5, 5.41) is 8.10. The van der Waals surface area contributed by atoms with Gasteiger partial charge in [0.15, 0.2) is 5.82 Å². The van der Waals surface area contributed by atoms with E-state index >= 15 is 0 Å². The Morgan fingerprint density at radius 3 is 2.86 bits per heavy atom. The van der Waals surface area contributed by atoms with E-state index in [2.05, 4.69) is 15.5 Å². The maximum atomic E-state index is 12.1. The highest BCUT2D eigenvalue weighted by molar-refractivity contribution is 8.00. The van der Waals surface area contributed by atoms with Gasteiger partial charge in [-0.05, 0) is 26.0 Å². The number of hydrogen-bond donors (Lipinski definition) is 1. The lowest BCUT2D eigenvalue weighted by Crippen LogP contribution is -2.22. The van der Waals surface area contributed by atoms with Crippen LogP contribution in [0.1, 0.15) is 12.7 Å². The summed E-state index contributed by atoms with van der Waals surface area (Å²) >= 11 is 1.41. The molecule has 1 amide bonds. The average molecular weight is 313 g/mol. The third kappa shape index (κ3) is 3.28. The Kier molecular flexibility index (Phi) is 4.11. The predicted molar refractivity (Wildman–Crippen MR) is 86.9 cm³/mol. The number of nitrogens with zero attached hydrogens (tertiary/aromatic N) is 2. The van der Waals surface area contributed by atoms with Gasteiger partial charge < -0.3 is 9.84 Å². The molecule has 0 fully saturated rings. The number of rotatable bonds is 4. The van der Waals surface area contributed by atoms with Crippen LogP contribution < -0.4 is 5.32 Å². The zero-order valence-corrected chi connectivity index (χ0v) is 13.1. The molecule has 3 rings (SSSR count). The Morgan fingerprint density at radius 2 is 2.09 bits per heavy atom. The summed E-state index contributed by atoms with van der Waals surface area (Å²) in [6.07, 6.45) is 0. The Labute approximate surface area is 132 Å². The lowest BCUT2D eigenvalue weighted by molar-refractivity contribution is -0.115. The van der Waals surface area contributed by atoms with E-state index in [0.29, 0.717) is 11.6 Å². The molecular formula is C16H15N3O2S. The van der Waals surface area contributed by atoms with Crippen LogP contribution in [-0.4, -0.2) is 21.3 Å². The number of pyridine rings is 1. The molecule has 1 atom stereocenters. The van der Waals surface area contributed by atoms with E-state index in [1.807, 2.05) is 43.3 Å². The summed E-state index contributed by atoms with van der Waals surface area (Å²) in [6.45, 7) is 3.61. The maximum absolute atomic E-state index is 12.1. The molecule has 0 radical (unpaired) electrons. The van der Waals surface area contributed by atoms with Gasteiger partial charge in [0, 0.05) is 11.5 Å². The first-order valence-corrected chi connectivity index (χ1v) is 7.76. The molecule has 6 heteroatoms. The molecule has 0 aliphatic heterocycles. The number of carbonyl (C=O) groups excluding carboxylic acids is 1. The summed E-state index contributed by atoms with van der Waals surface area (Å²) in [5.74, 6) is 0.960. The van der Waals surface area contributed by atoms with Crippen molar-refractivity contribution >= 4 is 34.4 Å².